The van der Waals surface area contributed by atoms with Crippen LogP contribution in [0.25, 0.3) is 0 Å². The number of hydrogen-bond acceptors (Lipinski definition) is 3. The third kappa shape index (κ3) is 2.62. The topological polar surface area (TPSA) is 60.1 Å². The smallest absolute Gasteiger partial charge is 0.286 e. The van der Waals surface area contributed by atoms with E-state index >= 15 is 0 Å². The fourth-order valence-electron chi connectivity index (χ4n) is 2.81. The molecule has 6 nitrogen and oxygen atoms in total. The molecule has 1 aliphatic heterocycles. The standard InChI is InChI=1S/C17H12ClFN4O2/c18-12-5-3-6-13(8-12)21-10-15-20-22(17(25)23(15)16(21)24)9-11-4-1-2-7-14(11)19/h1-8H,9-10H2. The highest BCUT2D eigenvalue weighted by Crippen LogP contribution is 2.25. The number of carbonyl (C=O) groups is 1. The first-order valence-electron chi connectivity index (χ1n) is 7.54. The summed E-state index contributed by atoms with van der Waals surface area (Å²) in [5, 5.41) is 4.67. The summed E-state index contributed by atoms with van der Waals surface area (Å²) in [5.74, 6) is -0.110. The van der Waals surface area contributed by atoms with Crippen LogP contribution in [-0.4, -0.2) is 20.4 Å². The number of halogens is 2. The van der Waals surface area contributed by atoms with Gasteiger partial charge < -0.3 is 0 Å². The van der Waals surface area contributed by atoms with Crippen LogP contribution in [0.1, 0.15) is 11.4 Å². The summed E-state index contributed by atoms with van der Waals surface area (Å²) in [6, 6.07) is 12.4. The molecular formula is C17H12ClFN4O2. The lowest BCUT2D eigenvalue weighted by molar-refractivity contribution is 0.250. The van der Waals surface area contributed by atoms with Crippen molar-refractivity contribution in [3.05, 3.63) is 81.2 Å². The molecule has 0 bridgehead atoms. The predicted octanol–water partition coefficient (Wildman–Crippen LogP) is 2.87. The highest BCUT2D eigenvalue weighted by molar-refractivity contribution is 6.30. The van der Waals surface area contributed by atoms with Gasteiger partial charge in [0.15, 0.2) is 5.82 Å². The Labute approximate surface area is 146 Å². The van der Waals surface area contributed by atoms with Crippen LogP contribution in [-0.2, 0) is 13.1 Å². The van der Waals surface area contributed by atoms with E-state index in [1.165, 1.54) is 11.0 Å². The number of carbonyl (C=O) groups excluding carboxylic acids is 1. The van der Waals surface area contributed by atoms with E-state index in [2.05, 4.69) is 5.10 Å². The zero-order valence-corrected chi connectivity index (χ0v) is 13.7. The van der Waals surface area contributed by atoms with Crippen molar-refractivity contribution < 1.29 is 9.18 Å². The number of hydrogen-bond donors (Lipinski definition) is 0. The Hall–Kier alpha value is -2.93. The Morgan fingerprint density at radius 1 is 1.12 bits per heavy atom. The van der Waals surface area contributed by atoms with Gasteiger partial charge in [-0.3, -0.25) is 4.90 Å². The largest absolute Gasteiger partial charge is 0.354 e. The molecule has 0 N–H and O–H groups in total. The minimum absolute atomic E-state index is 0.0318. The molecular weight excluding hydrogens is 347 g/mol. The zero-order valence-electron chi connectivity index (χ0n) is 12.9. The van der Waals surface area contributed by atoms with Crippen molar-refractivity contribution in [1.29, 1.82) is 0 Å². The summed E-state index contributed by atoms with van der Waals surface area (Å²) in [6.07, 6.45) is 0. The van der Waals surface area contributed by atoms with Crippen LogP contribution < -0.4 is 10.6 Å². The number of rotatable bonds is 3. The molecule has 126 valence electrons. The highest BCUT2D eigenvalue weighted by atomic mass is 35.5. The SMILES string of the molecule is O=C1N(c2cccc(Cl)c2)Cc2nn(Cc3ccccc3F)c(=O)n21. The van der Waals surface area contributed by atoms with Crippen LogP contribution in [0, 0.1) is 5.82 Å². The molecule has 0 saturated heterocycles. The number of anilines is 1. The van der Waals surface area contributed by atoms with E-state index in [0.717, 1.165) is 9.25 Å². The Bertz CT molecular complexity index is 1040. The fraction of sp³-hybridized carbons (Fsp3) is 0.118. The van der Waals surface area contributed by atoms with Gasteiger partial charge in [0.1, 0.15) is 5.82 Å². The Morgan fingerprint density at radius 3 is 2.64 bits per heavy atom. The number of aromatic nitrogens is 3. The van der Waals surface area contributed by atoms with Gasteiger partial charge in [0.2, 0.25) is 0 Å². The first kappa shape index (κ1) is 15.6. The minimum Gasteiger partial charge on any atom is -0.286 e. The lowest BCUT2D eigenvalue weighted by Crippen LogP contribution is -2.35. The van der Waals surface area contributed by atoms with E-state index in [4.69, 9.17) is 11.6 Å². The quantitative estimate of drug-likeness (QED) is 0.723. The van der Waals surface area contributed by atoms with Crippen molar-refractivity contribution in [1.82, 2.24) is 14.3 Å². The predicted molar refractivity (Wildman–Crippen MR) is 90.4 cm³/mol. The average Bonchev–Trinajstić information content (AvgIpc) is 3.07. The average molecular weight is 359 g/mol. The summed E-state index contributed by atoms with van der Waals surface area (Å²) in [5.41, 5.74) is 0.330. The van der Waals surface area contributed by atoms with Gasteiger partial charge in [0.25, 0.3) is 0 Å². The summed E-state index contributed by atoms with van der Waals surface area (Å²) < 4.78 is 15.9. The van der Waals surface area contributed by atoms with E-state index in [1.54, 1.807) is 42.5 Å². The molecule has 4 rings (SSSR count). The molecule has 1 amide bonds. The van der Waals surface area contributed by atoms with Gasteiger partial charge in [-0.05, 0) is 24.3 Å². The molecule has 0 atom stereocenters. The van der Waals surface area contributed by atoms with Gasteiger partial charge >= 0.3 is 11.7 Å². The molecule has 8 heteroatoms. The summed E-state index contributed by atoms with van der Waals surface area (Å²) in [4.78, 5) is 26.5. The Morgan fingerprint density at radius 2 is 1.92 bits per heavy atom. The molecule has 1 aromatic heterocycles. The van der Waals surface area contributed by atoms with Crippen LogP contribution in [0.3, 0.4) is 0 Å². The minimum atomic E-state index is -0.590. The number of fused-ring (bicyclic) bond motifs is 1. The van der Waals surface area contributed by atoms with E-state index in [-0.39, 0.29) is 13.1 Å². The second kappa shape index (κ2) is 5.86. The molecule has 0 radical (unpaired) electrons. The maximum absolute atomic E-state index is 13.8. The van der Waals surface area contributed by atoms with Crippen molar-refractivity contribution in [3.8, 4) is 0 Å². The zero-order chi connectivity index (χ0) is 17.6. The van der Waals surface area contributed by atoms with Crippen LogP contribution >= 0.6 is 11.6 Å². The molecule has 0 spiro atoms. The number of amides is 1. The van der Waals surface area contributed by atoms with E-state index in [0.29, 0.717) is 22.1 Å². The summed E-state index contributed by atoms with van der Waals surface area (Å²) in [6.45, 7) is 0.120. The van der Waals surface area contributed by atoms with E-state index < -0.39 is 17.5 Å². The second-order valence-electron chi connectivity index (χ2n) is 5.63. The third-order valence-corrected chi connectivity index (χ3v) is 4.26. The Balaban J connectivity index is 1.66. The third-order valence-electron chi connectivity index (χ3n) is 4.03. The molecule has 2 heterocycles. The summed E-state index contributed by atoms with van der Waals surface area (Å²) in [7, 11) is 0. The first-order valence-corrected chi connectivity index (χ1v) is 7.92. The molecule has 0 aliphatic carbocycles. The molecule has 2 aromatic carbocycles. The normalized spacial score (nSPS) is 13.4. The van der Waals surface area contributed by atoms with Gasteiger partial charge in [0.05, 0.1) is 13.1 Å². The van der Waals surface area contributed by atoms with Gasteiger partial charge in [-0.15, -0.1) is 0 Å². The number of nitrogens with zero attached hydrogens (tertiary/aromatic N) is 4. The van der Waals surface area contributed by atoms with Gasteiger partial charge in [-0.2, -0.15) is 9.67 Å². The maximum atomic E-state index is 13.8. The van der Waals surface area contributed by atoms with Crippen molar-refractivity contribution >= 4 is 23.3 Å². The molecule has 0 fully saturated rings. The first-order chi connectivity index (χ1) is 12.0. The molecule has 0 saturated carbocycles. The van der Waals surface area contributed by atoms with Crippen molar-refractivity contribution in [2.45, 2.75) is 13.1 Å². The van der Waals surface area contributed by atoms with Crippen LogP contribution in [0.2, 0.25) is 5.02 Å². The second-order valence-corrected chi connectivity index (χ2v) is 6.07. The van der Waals surface area contributed by atoms with Crippen LogP contribution in [0.15, 0.2) is 53.3 Å². The van der Waals surface area contributed by atoms with Crippen molar-refractivity contribution in [3.63, 3.8) is 0 Å². The molecule has 0 unspecified atom stereocenters. The van der Waals surface area contributed by atoms with Gasteiger partial charge in [0, 0.05) is 16.3 Å². The number of benzene rings is 2. The lowest BCUT2D eigenvalue weighted by atomic mass is 10.2. The lowest BCUT2D eigenvalue weighted by Gasteiger charge is -2.15. The molecule has 1 aliphatic rings. The maximum Gasteiger partial charge on any atom is 0.354 e. The van der Waals surface area contributed by atoms with Crippen LogP contribution in [0.4, 0.5) is 14.9 Å². The van der Waals surface area contributed by atoms with Gasteiger partial charge in [-0.25, -0.2) is 18.7 Å². The summed E-state index contributed by atoms with van der Waals surface area (Å²) >= 11 is 5.96. The molecule has 3 aromatic rings. The fourth-order valence-corrected chi connectivity index (χ4v) is 3.00. The van der Waals surface area contributed by atoms with Gasteiger partial charge in [-0.1, -0.05) is 35.9 Å². The monoisotopic (exact) mass is 358 g/mol. The van der Waals surface area contributed by atoms with Crippen molar-refractivity contribution in [2.75, 3.05) is 4.90 Å². The Kier molecular flexibility index (Phi) is 3.65. The van der Waals surface area contributed by atoms with Crippen LogP contribution in [0.5, 0.6) is 0 Å². The van der Waals surface area contributed by atoms with Crippen molar-refractivity contribution in [2.24, 2.45) is 0 Å². The highest BCUT2D eigenvalue weighted by Gasteiger charge is 2.33. The molecule has 25 heavy (non-hydrogen) atoms. The van der Waals surface area contributed by atoms with E-state index in [1.807, 2.05) is 0 Å². The van der Waals surface area contributed by atoms with E-state index in [9.17, 15) is 14.0 Å².